The number of benzene rings is 1. The van der Waals surface area contributed by atoms with Gasteiger partial charge in [0.1, 0.15) is 5.52 Å². The summed E-state index contributed by atoms with van der Waals surface area (Å²) in [7, 11) is 1.58. The van der Waals surface area contributed by atoms with E-state index in [0.717, 1.165) is 0 Å². The topological polar surface area (TPSA) is 81.4 Å². The van der Waals surface area contributed by atoms with E-state index in [9.17, 15) is 4.79 Å². The summed E-state index contributed by atoms with van der Waals surface area (Å²) in [6.07, 6.45) is 0. The molecule has 2 rings (SSSR count). The Bertz CT molecular complexity index is 587. The normalized spacial score (nSPS) is 13.2. The van der Waals surface area contributed by atoms with Crippen LogP contribution < -0.4 is 11.5 Å². The fourth-order valence-electron chi connectivity index (χ4n) is 1.57. The average Bonchev–Trinajstić information content (AvgIpc) is 2.54. The Hall–Kier alpha value is -1.30. The van der Waals surface area contributed by atoms with Crippen molar-refractivity contribution in [3.63, 3.8) is 0 Å². The summed E-state index contributed by atoms with van der Waals surface area (Å²) in [6.45, 7) is -0.196. The SMILES string of the molecule is Cn1c(=O)oc2cc(C(N)CO)cc(Cl)c21. The predicted molar refractivity (Wildman–Crippen MR) is 60.5 cm³/mol. The number of aromatic nitrogens is 1. The number of nitrogens with two attached hydrogens (primary N) is 1. The maximum atomic E-state index is 11.3. The predicted octanol–water partition coefficient (Wildman–Crippen LogP) is 0.777. The first kappa shape index (κ1) is 11.2. The van der Waals surface area contributed by atoms with Crippen LogP contribution in [0.1, 0.15) is 11.6 Å². The quantitative estimate of drug-likeness (QED) is 0.815. The van der Waals surface area contributed by atoms with E-state index >= 15 is 0 Å². The zero-order chi connectivity index (χ0) is 11.9. The molecule has 0 aliphatic carbocycles. The lowest BCUT2D eigenvalue weighted by Crippen LogP contribution is -2.14. The van der Waals surface area contributed by atoms with Crippen molar-refractivity contribution >= 4 is 22.7 Å². The molecule has 0 bridgehead atoms. The number of aliphatic hydroxyl groups excluding tert-OH is 1. The van der Waals surface area contributed by atoms with Gasteiger partial charge >= 0.3 is 5.76 Å². The first-order chi connectivity index (χ1) is 7.54. The maximum absolute atomic E-state index is 11.3. The lowest BCUT2D eigenvalue weighted by Gasteiger charge is -2.08. The largest absolute Gasteiger partial charge is 0.419 e. The molecule has 2 aromatic rings. The molecule has 5 nitrogen and oxygen atoms in total. The highest BCUT2D eigenvalue weighted by Gasteiger charge is 2.14. The van der Waals surface area contributed by atoms with Gasteiger partial charge in [-0.3, -0.25) is 4.57 Å². The average molecular weight is 243 g/mol. The van der Waals surface area contributed by atoms with Gasteiger partial charge in [0.2, 0.25) is 0 Å². The Morgan fingerprint density at radius 3 is 2.94 bits per heavy atom. The highest BCUT2D eigenvalue weighted by Crippen LogP contribution is 2.26. The van der Waals surface area contributed by atoms with E-state index in [1.807, 2.05) is 0 Å². The van der Waals surface area contributed by atoms with E-state index in [1.54, 1.807) is 19.2 Å². The van der Waals surface area contributed by atoms with E-state index in [-0.39, 0.29) is 6.61 Å². The van der Waals surface area contributed by atoms with Crippen LogP contribution in [0, 0.1) is 0 Å². The summed E-state index contributed by atoms with van der Waals surface area (Å²) in [5.41, 5.74) is 7.20. The Labute approximate surface area is 96.0 Å². The molecule has 0 aliphatic rings. The molecule has 1 unspecified atom stereocenters. The van der Waals surface area contributed by atoms with Crippen LogP contribution in [-0.2, 0) is 7.05 Å². The molecule has 1 heterocycles. The van der Waals surface area contributed by atoms with Gasteiger partial charge in [0.25, 0.3) is 0 Å². The van der Waals surface area contributed by atoms with Crippen LogP contribution >= 0.6 is 11.6 Å². The number of hydrogen-bond acceptors (Lipinski definition) is 4. The maximum Gasteiger partial charge on any atom is 0.419 e. The molecule has 0 saturated carbocycles. The van der Waals surface area contributed by atoms with Crippen molar-refractivity contribution in [1.29, 1.82) is 0 Å². The van der Waals surface area contributed by atoms with Crippen molar-refractivity contribution in [2.24, 2.45) is 12.8 Å². The minimum atomic E-state index is -0.535. The molecule has 0 saturated heterocycles. The number of aryl methyl sites for hydroxylation is 1. The van der Waals surface area contributed by atoms with Crippen LogP contribution in [0.5, 0.6) is 0 Å². The summed E-state index contributed by atoms with van der Waals surface area (Å²) >= 11 is 6.02. The number of rotatable bonds is 2. The molecule has 16 heavy (non-hydrogen) atoms. The van der Waals surface area contributed by atoms with Gasteiger partial charge < -0.3 is 15.3 Å². The van der Waals surface area contributed by atoms with Crippen LogP contribution in [0.3, 0.4) is 0 Å². The molecule has 6 heteroatoms. The minimum Gasteiger partial charge on any atom is -0.408 e. The molecule has 3 N–H and O–H groups in total. The molecule has 86 valence electrons. The second kappa shape index (κ2) is 3.93. The third kappa shape index (κ3) is 1.63. The highest BCUT2D eigenvalue weighted by atomic mass is 35.5. The van der Waals surface area contributed by atoms with Crippen LogP contribution in [0.4, 0.5) is 0 Å². The van der Waals surface area contributed by atoms with Gasteiger partial charge in [0.05, 0.1) is 17.7 Å². The van der Waals surface area contributed by atoms with Gasteiger partial charge in [-0.2, -0.15) is 0 Å². The van der Waals surface area contributed by atoms with Gasteiger partial charge in [-0.1, -0.05) is 11.6 Å². The van der Waals surface area contributed by atoms with Crippen molar-refractivity contribution < 1.29 is 9.52 Å². The van der Waals surface area contributed by atoms with Gasteiger partial charge in [0, 0.05) is 7.05 Å². The zero-order valence-electron chi connectivity index (χ0n) is 8.61. The molecule has 1 aromatic carbocycles. The number of halogens is 1. The second-order valence-corrected chi connectivity index (χ2v) is 3.97. The van der Waals surface area contributed by atoms with Crippen LogP contribution in [-0.4, -0.2) is 16.3 Å². The van der Waals surface area contributed by atoms with Crippen molar-refractivity contribution in [1.82, 2.24) is 4.57 Å². The summed E-state index contributed by atoms with van der Waals surface area (Å²) in [5.74, 6) is -0.480. The molecular weight excluding hydrogens is 232 g/mol. The molecule has 0 amide bonds. The Morgan fingerprint density at radius 1 is 1.62 bits per heavy atom. The summed E-state index contributed by atoms with van der Waals surface area (Å²) in [6, 6.07) is 2.70. The standard InChI is InChI=1S/C10H11ClN2O3/c1-13-9-6(11)2-5(7(12)4-14)3-8(9)16-10(13)15/h2-3,7,14H,4,12H2,1H3. The van der Waals surface area contributed by atoms with Gasteiger partial charge in [-0.15, -0.1) is 0 Å². The van der Waals surface area contributed by atoms with E-state index in [4.69, 9.17) is 26.9 Å². The lowest BCUT2D eigenvalue weighted by atomic mass is 10.1. The van der Waals surface area contributed by atoms with Crippen molar-refractivity contribution in [3.8, 4) is 0 Å². The second-order valence-electron chi connectivity index (χ2n) is 3.57. The summed E-state index contributed by atoms with van der Waals surface area (Å²) < 4.78 is 6.33. The molecule has 0 radical (unpaired) electrons. The summed E-state index contributed by atoms with van der Waals surface area (Å²) in [4.78, 5) is 11.3. The Balaban J connectivity index is 2.73. The van der Waals surface area contributed by atoms with Crippen LogP contribution in [0.2, 0.25) is 5.02 Å². The molecule has 0 spiro atoms. The van der Waals surface area contributed by atoms with Crippen LogP contribution in [0.15, 0.2) is 21.3 Å². The van der Waals surface area contributed by atoms with Gasteiger partial charge in [-0.25, -0.2) is 4.79 Å². The van der Waals surface area contributed by atoms with Gasteiger partial charge in [-0.05, 0) is 17.7 Å². The van der Waals surface area contributed by atoms with E-state index < -0.39 is 11.8 Å². The van der Waals surface area contributed by atoms with E-state index in [0.29, 0.717) is 21.7 Å². The minimum absolute atomic E-state index is 0.196. The number of nitrogens with zero attached hydrogens (tertiary/aromatic N) is 1. The molecule has 1 atom stereocenters. The smallest absolute Gasteiger partial charge is 0.408 e. The van der Waals surface area contributed by atoms with E-state index in [2.05, 4.69) is 0 Å². The van der Waals surface area contributed by atoms with Crippen molar-refractivity contribution in [2.45, 2.75) is 6.04 Å². The first-order valence-corrected chi connectivity index (χ1v) is 5.07. The van der Waals surface area contributed by atoms with Crippen LogP contribution in [0.25, 0.3) is 11.1 Å². The molecule has 0 aliphatic heterocycles. The monoisotopic (exact) mass is 242 g/mol. The van der Waals surface area contributed by atoms with Crippen molar-refractivity contribution in [3.05, 3.63) is 33.3 Å². The molecular formula is C10H11ClN2O3. The number of oxazole rings is 1. The van der Waals surface area contributed by atoms with Gasteiger partial charge in [0.15, 0.2) is 5.58 Å². The Morgan fingerprint density at radius 2 is 2.31 bits per heavy atom. The third-order valence-corrected chi connectivity index (χ3v) is 2.77. The van der Waals surface area contributed by atoms with Crippen molar-refractivity contribution in [2.75, 3.05) is 6.61 Å². The highest BCUT2D eigenvalue weighted by molar-refractivity contribution is 6.35. The Kier molecular flexibility index (Phi) is 2.75. The number of hydrogen-bond donors (Lipinski definition) is 2. The lowest BCUT2D eigenvalue weighted by molar-refractivity contribution is 0.268. The fraction of sp³-hybridized carbons (Fsp3) is 0.300. The first-order valence-electron chi connectivity index (χ1n) is 4.70. The third-order valence-electron chi connectivity index (χ3n) is 2.48. The number of aliphatic hydroxyl groups is 1. The number of fused-ring (bicyclic) bond motifs is 1. The molecule has 0 fully saturated rings. The summed E-state index contributed by atoms with van der Waals surface area (Å²) in [5, 5.41) is 9.32. The molecule has 1 aromatic heterocycles. The van der Waals surface area contributed by atoms with E-state index in [1.165, 1.54) is 4.57 Å². The zero-order valence-corrected chi connectivity index (χ0v) is 9.36. The fourth-order valence-corrected chi connectivity index (χ4v) is 1.92.